The first-order valence-corrected chi connectivity index (χ1v) is 5.47. The van der Waals surface area contributed by atoms with E-state index in [4.69, 9.17) is 5.26 Å². The monoisotopic (exact) mass is 235 g/mol. The molecule has 18 heavy (non-hydrogen) atoms. The molecule has 0 aromatic heterocycles. The van der Waals surface area contributed by atoms with Crippen LogP contribution in [0.2, 0.25) is 0 Å². The van der Waals surface area contributed by atoms with Gasteiger partial charge in [-0.25, -0.2) is 4.39 Å². The SMILES string of the molecule is Cc1ccc(C#Cc2cc(F)cc(C#N)c2)cc1. The van der Waals surface area contributed by atoms with E-state index in [1.807, 2.05) is 37.3 Å². The second kappa shape index (κ2) is 5.17. The van der Waals surface area contributed by atoms with Crippen molar-refractivity contribution in [2.75, 3.05) is 0 Å². The lowest BCUT2D eigenvalue weighted by Gasteiger charge is -1.94. The second-order valence-electron chi connectivity index (χ2n) is 3.96. The van der Waals surface area contributed by atoms with Crippen LogP contribution in [0, 0.1) is 35.9 Å². The van der Waals surface area contributed by atoms with E-state index >= 15 is 0 Å². The molecule has 1 nitrogen and oxygen atoms in total. The van der Waals surface area contributed by atoms with Gasteiger partial charge in [-0.15, -0.1) is 0 Å². The number of nitrogens with zero attached hydrogens (tertiary/aromatic N) is 1. The minimum atomic E-state index is -0.442. The average molecular weight is 235 g/mol. The Morgan fingerprint density at radius 2 is 1.50 bits per heavy atom. The third-order valence-electron chi connectivity index (χ3n) is 2.43. The minimum absolute atomic E-state index is 0.281. The molecule has 0 bridgehead atoms. The van der Waals surface area contributed by atoms with Crippen molar-refractivity contribution in [3.63, 3.8) is 0 Å². The topological polar surface area (TPSA) is 23.8 Å². The van der Waals surface area contributed by atoms with Crippen LogP contribution in [0.25, 0.3) is 0 Å². The molecule has 0 aliphatic rings. The summed E-state index contributed by atoms with van der Waals surface area (Å²) in [6, 6.07) is 13.7. The number of halogens is 1. The molecule has 86 valence electrons. The highest BCUT2D eigenvalue weighted by Crippen LogP contribution is 2.08. The maximum atomic E-state index is 13.2. The molecule has 0 amide bonds. The summed E-state index contributed by atoms with van der Waals surface area (Å²) in [4.78, 5) is 0. The number of hydrogen-bond donors (Lipinski definition) is 0. The number of nitriles is 1. The molecule has 0 aliphatic carbocycles. The molecule has 0 atom stereocenters. The molecule has 2 heteroatoms. The summed E-state index contributed by atoms with van der Waals surface area (Å²) in [5.74, 6) is 5.35. The van der Waals surface area contributed by atoms with Crippen LogP contribution >= 0.6 is 0 Å². The lowest BCUT2D eigenvalue weighted by atomic mass is 10.1. The van der Waals surface area contributed by atoms with E-state index in [0.717, 1.165) is 11.1 Å². The zero-order valence-electron chi connectivity index (χ0n) is 9.87. The Bertz CT molecular complexity index is 667. The van der Waals surface area contributed by atoms with E-state index in [1.54, 1.807) is 6.07 Å². The number of aryl methyl sites for hydroxylation is 1. The largest absolute Gasteiger partial charge is 0.207 e. The lowest BCUT2D eigenvalue weighted by Crippen LogP contribution is -1.83. The summed E-state index contributed by atoms with van der Waals surface area (Å²) in [7, 11) is 0. The fourth-order valence-corrected chi connectivity index (χ4v) is 1.51. The average Bonchev–Trinajstić information content (AvgIpc) is 2.37. The van der Waals surface area contributed by atoms with Gasteiger partial charge in [0.15, 0.2) is 0 Å². The summed E-state index contributed by atoms with van der Waals surface area (Å²) in [5.41, 5.74) is 2.82. The van der Waals surface area contributed by atoms with Gasteiger partial charge in [0, 0.05) is 11.1 Å². The van der Waals surface area contributed by atoms with Crippen LogP contribution < -0.4 is 0 Å². The Morgan fingerprint density at radius 1 is 0.889 bits per heavy atom. The molecular weight excluding hydrogens is 225 g/mol. The van der Waals surface area contributed by atoms with Crippen LogP contribution in [0.4, 0.5) is 4.39 Å². The van der Waals surface area contributed by atoms with E-state index in [1.165, 1.54) is 12.1 Å². The lowest BCUT2D eigenvalue weighted by molar-refractivity contribution is 0.627. The number of hydrogen-bond acceptors (Lipinski definition) is 1. The molecule has 0 radical (unpaired) electrons. The maximum Gasteiger partial charge on any atom is 0.125 e. The molecule has 0 spiro atoms. The van der Waals surface area contributed by atoms with Gasteiger partial charge in [-0.2, -0.15) is 5.26 Å². The summed E-state index contributed by atoms with van der Waals surface area (Å²) >= 11 is 0. The van der Waals surface area contributed by atoms with E-state index in [0.29, 0.717) is 5.56 Å². The van der Waals surface area contributed by atoms with E-state index in [-0.39, 0.29) is 5.56 Å². The van der Waals surface area contributed by atoms with Crippen molar-refractivity contribution in [3.8, 4) is 17.9 Å². The zero-order chi connectivity index (χ0) is 13.0. The smallest absolute Gasteiger partial charge is 0.125 e. The third kappa shape index (κ3) is 2.97. The van der Waals surface area contributed by atoms with Crippen molar-refractivity contribution in [2.24, 2.45) is 0 Å². The van der Waals surface area contributed by atoms with Gasteiger partial charge < -0.3 is 0 Å². The normalized spacial score (nSPS) is 9.17. The van der Waals surface area contributed by atoms with Gasteiger partial charge in [0.25, 0.3) is 0 Å². The van der Waals surface area contributed by atoms with Crippen LogP contribution in [0.1, 0.15) is 22.3 Å². The molecule has 0 N–H and O–H groups in total. The van der Waals surface area contributed by atoms with Crippen LogP contribution in [0.3, 0.4) is 0 Å². The summed E-state index contributed by atoms with van der Waals surface area (Å²) in [6.45, 7) is 2.00. The highest BCUT2D eigenvalue weighted by Gasteiger charge is 1.97. The predicted octanol–water partition coefficient (Wildman–Crippen LogP) is 3.41. The Balaban J connectivity index is 2.33. The standard InChI is InChI=1S/C16H10FN/c1-12-2-4-13(5-3-12)6-7-14-8-15(11-18)10-16(17)9-14/h2-5,8-10H,1H3. The summed E-state index contributed by atoms with van der Waals surface area (Å²) < 4.78 is 13.2. The van der Waals surface area contributed by atoms with Crippen molar-refractivity contribution in [1.82, 2.24) is 0 Å². The Morgan fingerprint density at radius 3 is 2.17 bits per heavy atom. The Labute approximate surface area is 106 Å². The van der Waals surface area contributed by atoms with Crippen LogP contribution in [-0.2, 0) is 0 Å². The van der Waals surface area contributed by atoms with Crippen molar-refractivity contribution in [2.45, 2.75) is 6.92 Å². The van der Waals surface area contributed by atoms with Crippen molar-refractivity contribution in [3.05, 3.63) is 70.5 Å². The van der Waals surface area contributed by atoms with Gasteiger partial charge in [0.2, 0.25) is 0 Å². The molecule has 0 aliphatic heterocycles. The number of benzene rings is 2. The molecule has 0 saturated heterocycles. The minimum Gasteiger partial charge on any atom is -0.207 e. The highest BCUT2D eigenvalue weighted by atomic mass is 19.1. The summed E-state index contributed by atoms with van der Waals surface area (Å²) in [5, 5.41) is 8.74. The first-order valence-electron chi connectivity index (χ1n) is 5.47. The maximum absolute atomic E-state index is 13.2. The summed E-state index contributed by atoms with van der Waals surface area (Å²) in [6.07, 6.45) is 0. The fraction of sp³-hybridized carbons (Fsp3) is 0.0625. The molecule has 0 saturated carbocycles. The Hall–Kier alpha value is -2.58. The van der Waals surface area contributed by atoms with Gasteiger partial charge in [-0.05, 0) is 37.3 Å². The second-order valence-corrected chi connectivity index (χ2v) is 3.96. The predicted molar refractivity (Wildman–Crippen MR) is 68.3 cm³/mol. The van der Waals surface area contributed by atoms with Gasteiger partial charge in [0.1, 0.15) is 5.82 Å². The molecule has 0 unspecified atom stereocenters. The Kier molecular flexibility index (Phi) is 3.41. The highest BCUT2D eigenvalue weighted by molar-refractivity contribution is 5.46. The molecular formula is C16H10FN. The van der Waals surface area contributed by atoms with Crippen LogP contribution in [-0.4, -0.2) is 0 Å². The zero-order valence-corrected chi connectivity index (χ0v) is 9.87. The van der Waals surface area contributed by atoms with Crippen molar-refractivity contribution < 1.29 is 4.39 Å². The van der Waals surface area contributed by atoms with Gasteiger partial charge in [0.05, 0.1) is 11.6 Å². The molecule has 2 rings (SSSR count). The van der Waals surface area contributed by atoms with Gasteiger partial charge in [-0.3, -0.25) is 0 Å². The first kappa shape index (κ1) is 11.9. The van der Waals surface area contributed by atoms with Gasteiger partial charge in [-0.1, -0.05) is 29.5 Å². The molecule has 0 heterocycles. The fourth-order valence-electron chi connectivity index (χ4n) is 1.51. The molecule has 2 aromatic carbocycles. The van der Waals surface area contributed by atoms with Crippen molar-refractivity contribution >= 4 is 0 Å². The number of rotatable bonds is 0. The quantitative estimate of drug-likeness (QED) is 0.642. The first-order chi connectivity index (χ1) is 8.67. The molecule has 0 fully saturated rings. The van der Waals surface area contributed by atoms with Crippen LogP contribution in [0.5, 0.6) is 0 Å². The van der Waals surface area contributed by atoms with Crippen LogP contribution in [0.15, 0.2) is 42.5 Å². The van der Waals surface area contributed by atoms with Gasteiger partial charge >= 0.3 is 0 Å². The van der Waals surface area contributed by atoms with E-state index < -0.39 is 5.82 Å². The third-order valence-corrected chi connectivity index (χ3v) is 2.43. The molecule has 2 aromatic rings. The van der Waals surface area contributed by atoms with E-state index in [9.17, 15) is 4.39 Å². The van der Waals surface area contributed by atoms with Crippen molar-refractivity contribution in [1.29, 1.82) is 5.26 Å². The van der Waals surface area contributed by atoms with E-state index in [2.05, 4.69) is 11.8 Å².